The first-order valence-electron chi connectivity index (χ1n) is 6.25. The van der Waals surface area contributed by atoms with Crippen LogP contribution < -0.4 is 10.6 Å². The van der Waals surface area contributed by atoms with Gasteiger partial charge in [-0.25, -0.2) is 4.98 Å². The van der Waals surface area contributed by atoms with Crippen LogP contribution in [-0.2, 0) is 11.2 Å². The van der Waals surface area contributed by atoms with E-state index < -0.39 is 0 Å². The predicted molar refractivity (Wildman–Crippen MR) is 78.3 cm³/mol. The number of aromatic nitrogens is 1. The zero-order valence-corrected chi connectivity index (χ0v) is 11.7. The highest BCUT2D eigenvalue weighted by molar-refractivity contribution is 7.14. The van der Waals surface area contributed by atoms with Gasteiger partial charge >= 0.3 is 0 Å². The van der Waals surface area contributed by atoms with E-state index in [4.69, 9.17) is 0 Å². The Balaban J connectivity index is 1.67. The van der Waals surface area contributed by atoms with Gasteiger partial charge in [-0.2, -0.15) is 0 Å². The van der Waals surface area contributed by atoms with Crippen LogP contribution in [0.4, 0.5) is 10.8 Å². The highest BCUT2D eigenvalue weighted by Crippen LogP contribution is 2.26. The minimum Gasteiger partial charge on any atom is -0.373 e. The molecule has 1 atom stereocenters. The Hall–Kier alpha value is -2.21. The van der Waals surface area contributed by atoms with Gasteiger partial charge in [0.15, 0.2) is 10.9 Å². The van der Waals surface area contributed by atoms with Gasteiger partial charge < -0.3 is 10.6 Å². The number of carbonyl (C=O) groups excluding carboxylic acids is 2. The molecule has 3 rings (SSSR count). The summed E-state index contributed by atoms with van der Waals surface area (Å²) < 4.78 is 0. The number of nitrogens with one attached hydrogen (secondary N) is 2. The summed E-state index contributed by atoms with van der Waals surface area (Å²) in [7, 11) is 0. The standard InChI is InChI=1S/C14H13N3O2S/c1-8(18)12-7-20-14(16-12)17-13(19)11-6-9-4-2-3-5-10(9)15-11/h2-5,7,11,15H,6H2,1H3,(H,16,17,19)/t11-/m0/s1. The van der Waals surface area contributed by atoms with Crippen LogP contribution in [0.5, 0.6) is 0 Å². The van der Waals surface area contributed by atoms with Crippen molar-refractivity contribution in [2.75, 3.05) is 10.6 Å². The lowest BCUT2D eigenvalue weighted by molar-refractivity contribution is -0.116. The molecule has 0 aliphatic carbocycles. The zero-order chi connectivity index (χ0) is 14.1. The summed E-state index contributed by atoms with van der Waals surface area (Å²) in [4.78, 5) is 27.4. The van der Waals surface area contributed by atoms with Crippen LogP contribution in [0, 0.1) is 0 Å². The summed E-state index contributed by atoms with van der Waals surface area (Å²) >= 11 is 1.26. The number of ketones is 1. The van der Waals surface area contributed by atoms with Crippen LogP contribution in [0.2, 0.25) is 0 Å². The van der Waals surface area contributed by atoms with Gasteiger partial charge in [-0.15, -0.1) is 11.3 Å². The first kappa shape index (κ1) is 12.8. The molecule has 1 aromatic heterocycles. The van der Waals surface area contributed by atoms with E-state index in [0.29, 0.717) is 17.2 Å². The number of carbonyl (C=O) groups is 2. The summed E-state index contributed by atoms with van der Waals surface area (Å²) in [6.07, 6.45) is 0.660. The number of hydrogen-bond acceptors (Lipinski definition) is 5. The molecule has 1 aliphatic heterocycles. The Kier molecular flexibility index (Phi) is 3.23. The molecule has 20 heavy (non-hydrogen) atoms. The third-order valence-electron chi connectivity index (χ3n) is 3.18. The quantitative estimate of drug-likeness (QED) is 0.850. The molecule has 0 radical (unpaired) electrons. The van der Waals surface area contributed by atoms with Crippen molar-refractivity contribution < 1.29 is 9.59 Å². The average Bonchev–Trinajstić information content (AvgIpc) is 3.04. The highest BCUT2D eigenvalue weighted by Gasteiger charge is 2.26. The monoisotopic (exact) mass is 287 g/mol. The molecule has 1 aliphatic rings. The van der Waals surface area contributed by atoms with Crippen LogP contribution in [0.15, 0.2) is 29.6 Å². The molecule has 2 aromatic rings. The summed E-state index contributed by atoms with van der Waals surface area (Å²) in [5, 5.41) is 8.03. The van der Waals surface area contributed by atoms with Gasteiger partial charge in [0.1, 0.15) is 11.7 Å². The van der Waals surface area contributed by atoms with Crippen molar-refractivity contribution in [3.63, 3.8) is 0 Å². The second-order valence-corrected chi connectivity index (χ2v) is 5.50. The molecular formula is C14H13N3O2S. The van der Waals surface area contributed by atoms with Crippen molar-refractivity contribution in [3.05, 3.63) is 40.9 Å². The second-order valence-electron chi connectivity index (χ2n) is 4.64. The third-order valence-corrected chi connectivity index (χ3v) is 3.94. The van der Waals surface area contributed by atoms with Gasteiger partial charge in [0.2, 0.25) is 5.91 Å². The number of anilines is 2. The molecule has 5 nitrogen and oxygen atoms in total. The first-order chi connectivity index (χ1) is 9.63. The van der Waals surface area contributed by atoms with Crippen molar-refractivity contribution >= 4 is 33.8 Å². The zero-order valence-electron chi connectivity index (χ0n) is 10.8. The van der Waals surface area contributed by atoms with E-state index in [-0.39, 0.29) is 17.7 Å². The summed E-state index contributed by atoms with van der Waals surface area (Å²) in [5.74, 6) is -0.237. The average molecular weight is 287 g/mol. The van der Waals surface area contributed by atoms with Gasteiger partial charge in [-0.3, -0.25) is 9.59 Å². The van der Waals surface area contributed by atoms with E-state index in [1.54, 1.807) is 5.38 Å². The predicted octanol–water partition coefficient (Wildman–Crippen LogP) is 2.32. The van der Waals surface area contributed by atoms with E-state index in [1.807, 2.05) is 24.3 Å². The fraction of sp³-hybridized carbons (Fsp3) is 0.214. The van der Waals surface area contributed by atoms with E-state index in [0.717, 1.165) is 11.3 Å². The van der Waals surface area contributed by atoms with E-state index in [1.165, 1.54) is 18.3 Å². The van der Waals surface area contributed by atoms with Crippen LogP contribution in [0.25, 0.3) is 0 Å². The van der Waals surface area contributed by atoms with Crippen molar-refractivity contribution in [1.29, 1.82) is 0 Å². The molecule has 0 unspecified atom stereocenters. The molecular weight excluding hydrogens is 274 g/mol. The topological polar surface area (TPSA) is 71.1 Å². The highest BCUT2D eigenvalue weighted by atomic mass is 32.1. The third kappa shape index (κ3) is 2.42. The maximum Gasteiger partial charge on any atom is 0.248 e. The van der Waals surface area contributed by atoms with Crippen molar-refractivity contribution in [3.8, 4) is 0 Å². The van der Waals surface area contributed by atoms with Crippen LogP contribution in [0.1, 0.15) is 23.0 Å². The van der Waals surface area contributed by atoms with Crippen LogP contribution in [0.3, 0.4) is 0 Å². The Bertz CT molecular complexity index is 656. The Morgan fingerprint density at radius 3 is 2.90 bits per heavy atom. The van der Waals surface area contributed by atoms with Gasteiger partial charge in [0, 0.05) is 24.4 Å². The van der Waals surface area contributed by atoms with Crippen molar-refractivity contribution in [2.45, 2.75) is 19.4 Å². The SMILES string of the molecule is CC(=O)c1csc(NC(=O)[C@@H]2Cc3ccccc3N2)n1. The number of nitrogens with zero attached hydrogens (tertiary/aromatic N) is 1. The number of thiazole rings is 1. The smallest absolute Gasteiger partial charge is 0.248 e. The molecule has 0 saturated carbocycles. The van der Waals surface area contributed by atoms with Gasteiger partial charge in [0.25, 0.3) is 0 Å². The number of fused-ring (bicyclic) bond motifs is 1. The number of hydrogen-bond donors (Lipinski definition) is 2. The number of benzene rings is 1. The molecule has 0 fully saturated rings. The fourth-order valence-corrected chi connectivity index (χ4v) is 2.89. The molecule has 102 valence electrons. The number of para-hydroxylation sites is 1. The van der Waals surface area contributed by atoms with E-state index >= 15 is 0 Å². The van der Waals surface area contributed by atoms with Crippen molar-refractivity contribution in [2.24, 2.45) is 0 Å². The Labute approximate surface area is 120 Å². The van der Waals surface area contributed by atoms with Gasteiger partial charge in [-0.1, -0.05) is 18.2 Å². The van der Waals surface area contributed by atoms with Crippen LogP contribution >= 0.6 is 11.3 Å². The Morgan fingerprint density at radius 2 is 2.20 bits per heavy atom. The molecule has 0 saturated heterocycles. The fourth-order valence-electron chi connectivity index (χ4n) is 2.14. The number of amides is 1. The number of Topliss-reactive ketones (excluding diaryl/α,β-unsaturated/α-hetero) is 1. The van der Waals surface area contributed by atoms with E-state index in [2.05, 4.69) is 15.6 Å². The first-order valence-corrected chi connectivity index (χ1v) is 7.13. The summed E-state index contributed by atoms with van der Waals surface area (Å²) in [6.45, 7) is 1.45. The normalized spacial score (nSPS) is 16.4. The Morgan fingerprint density at radius 1 is 1.40 bits per heavy atom. The molecule has 0 bridgehead atoms. The van der Waals surface area contributed by atoms with Crippen LogP contribution in [-0.4, -0.2) is 22.7 Å². The minimum absolute atomic E-state index is 0.104. The lowest BCUT2D eigenvalue weighted by Gasteiger charge is -2.09. The molecule has 2 N–H and O–H groups in total. The minimum atomic E-state index is -0.294. The number of rotatable bonds is 3. The molecule has 2 heterocycles. The summed E-state index contributed by atoms with van der Waals surface area (Å²) in [6, 6.07) is 7.57. The largest absolute Gasteiger partial charge is 0.373 e. The lowest BCUT2D eigenvalue weighted by atomic mass is 10.1. The van der Waals surface area contributed by atoms with Gasteiger partial charge in [0.05, 0.1) is 0 Å². The van der Waals surface area contributed by atoms with Crippen molar-refractivity contribution in [1.82, 2.24) is 4.98 Å². The van der Waals surface area contributed by atoms with Gasteiger partial charge in [-0.05, 0) is 11.6 Å². The maximum atomic E-state index is 12.2. The molecule has 6 heteroatoms. The maximum absolute atomic E-state index is 12.2. The van der Waals surface area contributed by atoms with E-state index in [9.17, 15) is 9.59 Å². The molecule has 0 spiro atoms. The molecule has 1 aromatic carbocycles. The summed E-state index contributed by atoms with van der Waals surface area (Å²) in [5.41, 5.74) is 2.51. The second kappa shape index (κ2) is 5.05. The molecule has 1 amide bonds. The lowest BCUT2D eigenvalue weighted by Crippen LogP contribution is -2.32.